The molecule has 0 atom stereocenters. The van der Waals surface area contributed by atoms with Crippen molar-refractivity contribution in [2.75, 3.05) is 0 Å². The Morgan fingerprint density at radius 3 is 2.84 bits per heavy atom. The van der Waals surface area contributed by atoms with Gasteiger partial charge in [0.1, 0.15) is 0 Å². The van der Waals surface area contributed by atoms with E-state index >= 15 is 0 Å². The molecule has 0 unspecified atom stereocenters. The summed E-state index contributed by atoms with van der Waals surface area (Å²) in [4.78, 5) is 12.3. The van der Waals surface area contributed by atoms with E-state index in [-0.39, 0.29) is 5.56 Å². The van der Waals surface area contributed by atoms with Gasteiger partial charge in [-0.25, -0.2) is 4.68 Å². The van der Waals surface area contributed by atoms with Crippen LogP contribution >= 0.6 is 11.3 Å². The zero-order valence-corrected chi connectivity index (χ0v) is 11.8. The predicted octanol–water partition coefficient (Wildman–Crippen LogP) is 3.08. The molecule has 3 nitrogen and oxygen atoms in total. The largest absolute Gasteiger partial charge is 0.275 e. The molecule has 0 saturated carbocycles. The number of benzene rings is 1. The first-order valence-electron chi connectivity index (χ1n) is 6.02. The summed E-state index contributed by atoms with van der Waals surface area (Å²) in [7, 11) is 1.68. The van der Waals surface area contributed by atoms with Gasteiger partial charge in [0, 0.05) is 23.2 Å². The molecule has 0 bridgehead atoms. The lowest BCUT2D eigenvalue weighted by Crippen LogP contribution is -2.22. The molecular formula is C15H13N2OS. The van der Waals surface area contributed by atoms with Crippen LogP contribution in [0.3, 0.4) is 0 Å². The molecule has 0 fully saturated rings. The van der Waals surface area contributed by atoms with Crippen LogP contribution in [0.25, 0.3) is 21.2 Å². The molecule has 0 aliphatic rings. The third kappa shape index (κ3) is 1.88. The van der Waals surface area contributed by atoms with Gasteiger partial charge in [0.25, 0.3) is 5.56 Å². The molecule has 3 rings (SSSR count). The molecule has 0 saturated heterocycles. The minimum Gasteiger partial charge on any atom is -0.267 e. The van der Waals surface area contributed by atoms with Gasteiger partial charge >= 0.3 is 0 Å². The Balaban J connectivity index is 2.45. The molecule has 0 aliphatic carbocycles. The summed E-state index contributed by atoms with van der Waals surface area (Å²) in [6, 6.07) is 9.32. The van der Waals surface area contributed by atoms with Crippen LogP contribution in [0.15, 0.2) is 28.4 Å². The van der Waals surface area contributed by atoms with Crippen molar-refractivity contribution in [3.63, 3.8) is 0 Å². The van der Waals surface area contributed by atoms with Gasteiger partial charge < -0.3 is 0 Å². The first kappa shape index (κ1) is 12.1. The zero-order valence-electron chi connectivity index (χ0n) is 11.0. The van der Waals surface area contributed by atoms with E-state index in [2.05, 4.69) is 29.4 Å². The number of aromatic nitrogens is 2. The summed E-state index contributed by atoms with van der Waals surface area (Å²) in [6.45, 7) is 3.88. The first-order chi connectivity index (χ1) is 9.08. The van der Waals surface area contributed by atoms with Gasteiger partial charge in [-0.05, 0) is 42.5 Å². The van der Waals surface area contributed by atoms with Gasteiger partial charge in [0.05, 0.1) is 11.3 Å². The summed E-state index contributed by atoms with van der Waals surface area (Å²) in [5.41, 5.74) is 3.29. The summed E-state index contributed by atoms with van der Waals surface area (Å²) >= 11 is 1.68. The molecule has 0 spiro atoms. The van der Waals surface area contributed by atoms with E-state index in [0.29, 0.717) is 5.56 Å². The van der Waals surface area contributed by atoms with Crippen LogP contribution < -0.4 is 5.56 Å². The van der Waals surface area contributed by atoms with Gasteiger partial charge in [-0.15, -0.1) is 11.3 Å². The molecule has 0 N–H and O–H groups in total. The van der Waals surface area contributed by atoms with Crippen LogP contribution in [0.2, 0.25) is 0 Å². The first-order valence-corrected chi connectivity index (χ1v) is 6.90. The van der Waals surface area contributed by atoms with E-state index in [1.54, 1.807) is 18.4 Å². The number of thiophene rings is 1. The van der Waals surface area contributed by atoms with E-state index in [1.807, 2.05) is 19.2 Å². The minimum absolute atomic E-state index is 0.104. The van der Waals surface area contributed by atoms with Gasteiger partial charge in [0.2, 0.25) is 0 Å². The quantitative estimate of drug-likeness (QED) is 0.680. The van der Waals surface area contributed by atoms with Crippen molar-refractivity contribution in [1.82, 2.24) is 9.78 Å². The van der Waals surface area contributed by atoms with Crippen molar-refractivity contribution in [3.8, 4) is 11.1 Å². The fourth-order valence-electron chi connectivity index (χ4n) is 2.35. The second kappa shape index (κ2) is 4.31. The standard InChI is InChI=1S/C15H13N2OS/c1-9-4-5-13-11(6-7-19-13)14(9)12-8-10(2)16-17(3)15(12)18/h4-7H,1-3H3. The molecule has 95 valence electrons. The molecule has 0 amide bonds. The summed E-state index contributed by atoms with van der Waals surface area (Å²) in [5.74, 6) is 0. The molecule has 4 heteroatoms. The average Bonchev–Trinajstić information content (AvgIpc) is 2.82. The number of fused-ring (bicyclic) bond motifs is 1. The predicted molar refractivity (Wildman–Crippen MR) is 78.6 cm³/mol. The van der Waals surface area contributed by atoms with Gasteiger partial charge in [-0.2, -0.15) is 5.10 Å². The Morgan fingerprint density at radius 1 is 1.26 bits per heavy atom. The average molecular weight is 269 g/mol. The lowest BCUT2D eigenvalue weighted by Gasteiger charge is -2.09. The maximum absolute atomic E-state index is 12.3. The maximum atomic E-state index is 12.3. The number of hydrogen-bond donors (Lipinski definition) is 0. The molecule has 3 aromatic rings. The molecule has 1 aromatic carbocycles. The highest BCUT2D eigenvalue weighted by molar-refractivity contribution is 7.17. The molecule has 19 heavy (non-hydrogen) atoms. The third-order valence-electron chi connectivity index (χ3n) is 3.21. The number of rotatable bonds is 1. The topological polar surface area (TPSA) is 34.9 Å². The fourth-order valence-corrected chi connectivity index (χ4v) is 3.14. The zero-order chi connectivity index (χ0) is 13.6. The van der Waals surface area contributed by atoms with Gasteiger partial charge in [0.15, 0.2) is 0 Å². The number of aryl methyl sites for hydroxylation is 3. The third-order valence-corrected chi connectivity index (χ3v) is 4.09. The molecule has 1 radical (unpaired) electrons. The van der Waals surface area contributed by atoms with Gasteiger partial charge in [-0.3, -0.25) is 4.79 Å². The van der Waals surface area contributed by atoms with E-state index in [4.69, 9.17) is 0 Å². The highest BCUT2D eigenvalue weighted by Gasteiger charge is 2.13. The van der Waals surface area contributed by atoms with Crippen LogP contribution in [-0.2, 0) is 7.05 Å². The maximum Gasteiger partial charge on any atom is 0.275 e. The Morgan fingerprint density at radius 2 is 2.05 bits per heavy atom. The van der Waals surface area contributed by atoms with E-state index in [9.17, 15) is 4.79 Å². The number of nitrogens with zero attached hydrogens (tertiary/aromatic N) is 2. The molecule has 2 heterocycles. The van der Waals surface area contributed by atoms with E-state index in [1.165, 1.54) is 9.38 Å². The normalized spacial score (nSPS) is 11.1. The highest BCUT2D eigenvalue weighted by Crippen LogP contribution is 2.32. The van der Waals surface area contributed by atoms with Crippen LogP contribution in [0, 0.1) is 19.9 Å². The minimum atomic E-state index is -0.104. The Hall–Kier alpha value is -1.94. The monoisotopic (exact) mass is 269 g/mol. The molecule has 0 aliphatic heterocycles. The summed E-state index contributed by atoms with van der Waals surface area (Å²) in [5, 5.41) is 7.27. The molecule has 2 aromatic heterocycles. The van der Waals surface area contributed by atoms with E-state index in [0.717, 1.165) is 22.2 Å². The van der Waals surface area contributed by atoms with Crippen LogP contribution in [0.1, 0.15) is 11.3 Å². The van der Waals surface area contributed by atoms with Crippen LogP contribution in [-0.4, -0.2) is 9.78 Å². The summed E-state index contributed by atoms with van der Waals surface area (Å²) in [6.07, 6.45) is 0. The smallest absolute Gasteiger partial charge is 0.267 e. The van der Waals surface area contributed by atoms with Crippen molar-refractivity contribution in [2.45, 2.75) is 13.8 Å². The lowest BCUT2D eigenvalue weighted by atomic mass is 9.98. The second-order valence-electron chi connectivity index (χ2n) is 4.60. The Labute approximate surface area is 115 Å². The summed E-state index contributed by atoms with van der Waals surface area (Å²) < 4.78 is 2.57. The van der Waals surface area contributed by atoms with Crippen molar-refractivity contribution in [2.24, 2.45) is 7.05 Å². The van der Waals surface area contributed by atoms with Crippen molar-refractivity contribution >= 4 is 21.4 Å². The Kier molecular flexibility index (Phi) is 2.75. The van der Waals surface area contributed by atoms with E-state index < -0.39 is 0 Å². The highest BCUT2D eigenvalue weighted by atomic mass is 32.1. The fraction of sp³-hybridized carbons (Fsp3) is 0.200. The number of hydrogen-bond acceptors (Lipinski definition) is 3. The SMILES string of the molecule is Cc1[c]c(-c2c(C)ccc3sccc23)c(=O)n(C)n1. The van der Waals surface area contributed by atoms with Gasteiger partial charge in [-0.1, -0.05) is 6.07 Å². The Bertz CT molecular complexity index is 830. The molecular weight excluding hydrogens is 256 g/mol. The second-order valence-corrected chi connectivity index (χ2v) is 5.55. The van der Waals surface area contributed by atoms with Crippen LogP contribution in [0.5, 0.6) is 0 Å². The lowest BCUT2D eigenvalue weighted by molar-refractivity contribution is 0.694. The van der Waals surface area contributed by atoms with Crippen molar-refractivity contribution < 1.29 is 0 Å². The van der Waals surface area contributed by atoms with Crippen molar-refractivity contribution in [1.29, 1.82) is 0 Å². The van der Waals surface area contributed by atoms with Crippen molar-refractivity contribution in [3.05, 3.63) is 51.3 Å². The van der Waals surface area contributed by atoms with Crippen LogP contribution in [0.4, 0.5) is 0 Å².